The summed E-state index contributed by atoms with van der Waals surface area (Å²) in [5.74, 6) is 1.11. The van der Waals surface area contributed by atoms with Gasteiger partial charge in [0.15, 0.2) is 17.2 Å². The molecule has 6 heteroatoms. The van der Waals surface area contributed by atoms with Crippen LogP contribution in [0.5, 0.6) is 11.5 Å². The predicted molar refractivity (Wildman–Crippen MR) is 118 cm³/mol. The van der Waals surface area contributed by atoms with Gasteiger partial charge in [0.2, 0.25) is 5.90 Å². The first-order chi connectivity index (χ1) is 13.5. The molecule has 28 heavy (non-hydrogen) atoms. The van der Waals surface area contributed by atoms with Crippen molar-refractivity contribution in [1.29, 1.82) is 0 Å². The first-order valence-electron chi connectivity index (χ1n) is 8.82. The minimum absolute atomic E-state index is 0.247. The van der Waals surface area contributed by atoms with E-state index < -0.39 is 5.97 Å². The molecule has 0 N–H and O–H groups in total. The largest absolute Gasteiger partial charge is 0.490 e. The Balaban J connectivity index is 1.97. The number of benzene rings is 2. The van der Waals surface area contributed by atoms with E-state index in [2.05, 4.69) is 34.2 Å². The van der Waals surface area contributed by atoms with E-state index in [1.165, 1.54) is 0 Å². The number of aryl methyl sites for hydroxylation is 1. The van der Waals surface area contributed by atoms with Gasteiger partial charge in [0.25, 0.3) is 0 Å². The number of hydrogen-bond donors (Lipinski definition) is 0. The van der Waals surface area contributed by atoms with Crippen molar-refractivity contribution in [2.45, 2.75) is 13.8 Å². The van der Waals surface area contributed by atoms with Crippen LogP contribution in [0.15, 0.2) is 59.7 Å². The molecule has 0 fully saturated rings. The summed E-state index contributed by atoms with van der Waals surface area (Å²) in [6, 6.07) is 11.4. The lowest BCUT2D eigenvalue weighted by Gasteiger charge is -2.13. The van der Waals surface area contributed by atoms with Crippen LogP contribution in [0.2, 0.25) is 0 Å². The Kier molecular flexibility index (Phi) is 6.51. The third-order valence-corrected chi connectivity index (χ3v) is 4.78. The number of carbonyl (C=O) groups is 1. The van der Waals surface area contributed by atoms with Crippen LogP contribution in [0.3, 0.4) is 0 Å². The van der Waals surface area contributed by atoms with Crippen LogP contribution in [0.25, 0.3) is 6.08 Å². The molecule has 2 aromatic rings. The average molecular weight is 489 g/mol. The first kappa shape index (κ1) is 20.1. The van der Waals surface area contributed by atoms with E-state index in [1.807, 2.05) is 50.2 Å². The van der Waals surface area contributed by atoms with E-state index in [4.69, 9.17) is 14.2 Å². The van der Waals surface area contributed by atoms with Crippen molar-refractivity contribution in [3.8, 4) is 11.5 Å². The fourth-order valence-electron chi connectivity index (χ4n) is 2.71. The number of nitrogens with zero attached hydrogens (tertiary/aromatic N) is 1. The van der Waals surface area contributed by atoms with Gasteiger partial charge in [-0.3, -0.25) is 0 Å². The van der Waals surface area contributed by atoms with E-state index in [9.17, 15) is 4.79 Å². The van der Waals surface area contributed by atoms with E-state index in [0.29, 0.717) is 30.6 Å². The fraction of sp³-hybridized carbons (Fsp3) is 0.182. The topological polar surface area (TPSA) is 57.1 Å². The maximum Gasteiger partial charge on any atom is 0.363 e. The Morgan fingerprint density at radius 3 is 2.75 bits per heavy atom. The molecule has 1 heterocycles. The maximum absolute atomic E-state index is 12.3. The van der Waals surface area contributed by atoms with Crippen molar-refractivity contribution in [2.24, 2.45) is 4.99 Å². The van der Waals surface area contributed by atoms with Gasteiger partial charge in [-0.05, 0) is 71.8 Å². The Hall–Kier alpha value is -2.61. The van der Waals surface area contributed by atoms with Gasteiger partial charge in [0.1, 0.15) is 6.61 Å². The van der Waals surface area contributed by atoms with Crippen LogP contribution in [0, 0.1) is 10.5 Å². The summed E-state index contributed by atoms with van der Waals surface area (Å²) in [7, 11) is 0. The first-order valence-corrected chi connectivity index (χ1v) is 9.90. The zero-order valence-corrected chi connectivity index (χ0v) is 17.9. The molecule has 0 radical (unpaired) electrons. The summed E-state index contributed by atoms with van der Waals surface area (Å²) in [6.45, 7) is 8.41. The molecule has 144 valence electrons. The van der Waals surface area contributed by atoms with Crippen molar-refractivity contribution in [2.75, 3.05) is 13.2 Å². The molecule has 5 nitrogen and oxygen atoms in total. The molecule has 3 rings (SSSR count). The normalized spacial score (nSPS) is 14.6. The van der Waals surface area contributed by atoms with E-state index in [-0.39, 0.29) is 5.70 Å². The second-order valence-electron chi connectivity index (χ2n) is 6.01. The number of hydrogen-bond acceptors (Lipinski definition) is 5. The molecular weight excluding hydrogens is 469 g/mol. The summed E-state index contributed by atoms with van der Waals surface area (Å²) < 4.78 is 17.7. The second-order valence-corrected chi connectivity index (χ2v) is 7.18. The standard InChI is InChI=1S/C22H20INO4/c1-4-10-27-20-17(23)11-15(13-19(20)26-5-2)12-18-22(25)28-21(24-18)16-9-7-6-8-14(16)3/h4,6-9,11-13H,1,5,10H2,2-3H3/b18-12-. The van der Waals surface area contributed by atoms with Gasteiger partial charge in [-0.1, -0.05) is 30.9 Å². The summed E-state index contributed by atoms with van der Waals surface area (Å²) in [4.78, 5) is 16.7. The molecule has 0 spiro atoms. The maximum atomic E-state index is 12.3. The average Bonchev–Trinajstić information content (AvgIpc) is 3.02. The number of esters is 1. The molecule has 0 aliphatic carbocycles. The minimum atomic E-state index is -0.474. The lowest BCUT2D eigenvalue weighted by atomic mass is 10.1. The lowest BCUT2D eigenvalue weighted by molar-refractivity contribution is -0.129. The summed E-state index contributed by atoms with van der Waals surface area (Å²) in [5, 5.41) is 0. The highest BCUT2D eigenvalue weighted by atomic mass is 127. The van der Waals surface area contributed by atoms with Crippen molar-refractivity contribution >= 4 is 40.5 Å². The third-order valence-electron chi connectivity index (χ3n) is 3.98. The van der Waals surface area contributed by atoms with Gasteiger partial charge in [0.05, 0.1) is 10.2 Å². The third kappa shape index (κ3) is 4.44. The fourth-order valence-corrected chi connectivity index (χ4v) is 3.49. The van der Waals surface area contributed by atoms with Gasteiger partial charge in [-0.25, -0.2) is 9.79 Å². The number of rotatable bonds is 7. The van der Waals surface area contributed by atoms with Crippen LogP contribution in [-0.4, -0.2) is 25.1 Å². The molecule has 0 saturated carbocycles. The van der Waals surface area contributed by atoms with E-state index in [1.54, 1.807) is 12.2 Å². The predicted octanol–water partition coefficient (Wildman–Crippen LogP) is 4.91. The van der Waals surface area contributed by atoms with Crippen molar-refractivity contribution in [3.05, 3.63) is 75.0 Å². The van der Waals surface area contributed by atoms with Crippen LogP contribution >= 0.6 is 22.6 Å². The number of ether oxygens (including phenoxy) is 3. The van der Waals surface area contributed by atoms with Gasteiger partial charge >= 0.3 is 5.97 Å². The second kappa shape index (κ2) is 9.05. The molecule has 0 bridgehead atoms. The van der Waals surface area contributed by atoms with Crippen molar-refractivity contribution < 1.29 is 19.0 Å². The van der Waals surface area contributed by atoms with Gasteiger partial charge in [0, 0.05) is 5.56 Å². The summed E-state index contributed by atoms with van der Waals surface area (Å²) >= 11 is 2.18. The summed E-state index contributed by atoms with van der Waals surface area (Å²) in [6.07, 6.45) is 3.37. The smallest absolute Gasteiger partial charge is 0.363 e. The van der Waals surface area contributed by atoms with Gasteiger partial charge in [-0.2, -0.15) is 0 Å². The lowest BCUT2D eigenvalue weighted by Crippen LogP contribution is -2.06. The molecule has 1 aliphatic rings. The Labute approximate surface area is 177 Å². The van der Waals surface area contributed by atoms with Crippen LogP contribution in [0.1, 0.15) is 23.6 Å². The Morgan fingerprint density at radius 2 is 2.04 bits per heavy atom. The number of cyclic esters (lactones) is 1. The van der Waals surface area contributed by atoms with Gasteiger partial charge < -0.3 is 14.2 Å². The molecule has 0 aromatic heterocycles. The molecule has 2 aromatic carbocycles. The van der Waals surface area contributed by atoms with Crippen LogP contribution < -0.4 is 9.47 Å². The van der Waals surface area contributed by atoms with Crippen molar-refractivity contribution in [1.82, 2.24) is 0 Å². The monoisotopic (exact) mass is 489 g/mol. The SMILES string of the molecule is C=CCOc1c(I)cc(/C=C2\N=C(c3ccccc3C)OC2=O)cc1OCC. The number of halogens is 1. The van der Waals surface area contributed by atoms with Crippen molar-refractivity contribution in [3.63, 3.8) is 0 Å². The zero-order chi connectivity index (χ0) is 20.1. The zero-order valence-electron chi connectivity index (χ0n) is 15.7. The minimum Gasteiger partial charge on any atom is -0.490 e. The highest BCUT2D eigenvalue weighted by Crippen LogP contribution is 2.35. The quantitative estimate of drug-likeness (QED) is 0.240. The molecule has 1 aliphatic heterocycles. The highest BCUT2D eigenvalue weighted by molar-refractivity contribution is 14.1. The van der Waals surface area contributed by atoms with Crippen LogP contribution in [0.4, 0.5) is 0 Å². The number of aliphatic imine (C=N–C) groups is 1. The molecular formula is C22H20INO4. The molecule has 0 amide bonds. The molecule has 0 unspecified atom stereocenters. The van der Waals surface area contributed by atoms with Crippen LogP contribution in [-0.2, 0) is 9.53 Å². The van der Waals surface area contributed by atoms with E-state index in [0.717, 1.165) is 20.3 Å². The Bertz CT molecular complexity index is 978. The number of carbonyl (C=O) groups excluding carboxylic acids is 1. The Morgan fingerprint density at radius 1 is 1.25 bits per heavy atom. The highest BCUT2D eigenvalue weighted by Gasteiger charge is 2.25. The van der Waals surface area contributed by atoms with Gasteiger partial charge in [-0.15, -0.1) is 0 Å². The molecule has 0 saturated heterocycles. The molecule has 0 atom stereocenters. The summed E-state index contributed by atoms with van der Waals surface area (Å²) in [5.41, 5.74) is 2.82. The van der Waals surface area contributed by atoms with E-state index >= 15 is 0 Å².